The summed E-state index contributed by atoms with van der Waals surface area (Å²) in [6, 6.07) is 9.73. The first kappa shape index (κ1) is 25.0. The SMILES string of the molecule is COC(=O)c1ccc(C(=O)OC)c(NC(=O)CN2CCN(Cc3c(Cl)cccc3Cl)CC2)c1. The molecule has 0 aliphatic carbocycles. The summed E-state index contributed by atoms with van der Waals surface area (Å²) in [5, 5.41) is 4.00. The smallest absolute Gasteiger partial charge is 0.339 e. The third kappa shape index (κ3) is 6.45. The number of hydrogen-bond acceptors (Lipinski definition) is 7. The highest BCUT2D eigenvalue weighted by Gasteiger charge is 2.22. The van der Waals surface area contributed by atoms with Crippen LogP contribution < -0.4 is 5.32 Å². The van der Waals surface area contributed by atoms with Gasteiger partial charge in [0.1, 0.15) is 0 Å². The summed E-state index contributed by atoms with van der Waals surface area (Å²) < 4.78 is 9.49. The lowest BCUT2D eigenvalue weighted by Crippen LogP contribution is -2.48. The predicted molar refractivity (Wildman–Crippen MR) is 126 cm³/mol. The van der Waals surface area contributed by atoms with Crippen molar-refractivity contribution in [3.8, 4) is 0 Å². The molecule has 1 fully saturated rings. The van der Waals surface area contributed by atoms with E-state index >= 15 is 0 Å². The number of piperazine rings is 1. The van der Waals surface area contributed by atoms with Crippen LogP contribution in [0.25, 0.3) is 0 Å². The van der Waals surface area contributed by atoms with Crippen molar-refractivity contribution >= 4 is 46.7 Å². The molecule has 0 unspecified atom stereocenters. The first-order chi connectivity index (χ1) is 15.8. The molecule has 0 atom stereocenters. The number of methoxy groups -OCH3 is 2. The zero-order chi connectivity index (χ0) is 24.0. The van der Waals surface area contributed by atoms with Gasteiger partial charge in [-0.15, -0.1) is 0 Å². The summed E-state index contributed by atoms with van der Waals surface area (Å²) in [5.41, 5.74) is 1.46. The summed E-state index contributed by atoms with van der Waals surface area (Å²) >= 11 is 12.5. The maximum atomic E-state index is 12.7. The number of halogens is 2. The van der Waals surface area contributed by atoms with E-state index in [4.69, 9.17) is 32.7 Å². The van der Waals surface area contributed by atoms with Crippen LogP contribution in [-0.2, 0) is 20.8 Å². The Balaban J connectivity index is 1.59. The van der Waals surface area contributed by atoms with Crippen molar-refractivity contribution in [3.05, 3.63) is 63.1 Å². The number of hydrogen-bond donors (Lipinski definition) is 1. The first-order valence-corrected chi connectivity index (χ1v) is 11.1. The van der Waals surface area contributed by atoms with Crippen molar-refractivity contribution in [1.29, 1.82) is 0 Å². The van der Waals surface area contributed by atoms with Crippen LogP contribution in [0, 0.1) is 0 Å². The number of nitrogens with zero attached hydrogens (tertiary/aromatic N) is 2. The van der Waals surface area contributed by atoms with Crippen molar-refractivity contribution in [2.24, 2.45) is 0 Å². The molecule has 1 saturated heterocycles. The van der Waals surface area contributed by atoms with E-state index in [0.717, 1.165) is 18.7 Å². The van der Waals surface area contributed by atoms with Crippen LogP contribution in [0.4, 0.5) is 5.69 Å². The number of carbonyl (C=O) groups is 3. The molecular formula is C23H25Cl2N3O5. The van der Waals surface area contributed by atoms with Crippen LogP contribution in [0.2, 0.25) is 10.0 Å². The van der Waals surface area contributed by atoms with E-state index in [1.807, 2.05) is 23.1 Å². The molecule has 0 saturated carbocycles. The number of ether oxygens (including phenoxy) is 2. The van der Waals surface area contributed by atoms with E-state index in [9.17, 15) is 14.4 Å². The summed E-state index contributed by atoms with van der Waals surface area (Å²) in [6.07, 6.45) is 0. The first-order valence-electron chi connectivity index (χ1n) is 10.3. The highest BCUT2D eigenvalue weighted by Crippen LogP contribution is 2.26. The lowest BCUT2D eigenvalue weighted by molar-refractivity contribution is -0.117. The largest absolute Gasteiger partial charge is 0.465 e. The number of amides is 1. The van der Waals surface area contributed by atoms with Gasteiger partial charge in [-0.3, -0.25) is 14.6 Å². The van der Waals surface area contributed by atoms with Gasteiger partial charge in [0.2, 0.25) is 5.91 Å². The van der Waals surface area contributed by atoms with Gasteiger partial charge < -0.3 is 14.8 Å². The average Bonchev–Trinajstić information content (AvgIpc) is 2.81. The summed E-state index contributed by atoms with van der Waals surface area (Å²) in [5.74, 6) is -1.49. The van der Waals surface area contributed by atoms with E-state index in [1.54, 1.807) is 0 Å². The van der Waals surface area contributed by atoms with E-state index in [2.05, 4.69) is 10.2 Å². The monoisotopic (exact) mass is 493 g/mol. The molecule has 176 valence electrons. The molecule has 3 rings (SSSR count). The maximum absolute atomic E-state index is 12.7. The molecule has 1 aliphatic rings. The second-order valence-corrected chi connectivity index (χ2v) is 8.36. The fraction of sp³-hybridized carbons (Fsp3) is 0.348. The van der Waals surface area contributed by atoms with E-state index in [0.29, 0.717) is 29.7 Å². The predicted octanol–water partition coefficient (Wildman–Crippen LogP) is 3.32. The van der Waals surface area contributed by atoms with Crippen molar-refractivity contribution in [2.75, 3.05) is 52.3 Å². The third-order valence-electron chi connectivity index (χ3n) is 5.40. The maximum Gasteiger partial charge on any atom is 0.339 e. The lowest BCUT2D eigenvalue weighted by atomic mass is 10.1. The molecular weight excluding hydrogens is 469 g/mol. The minimum absolute atomic E-state index is 0.143. The Kier molecular flexibility index (Phi) is 8.68. The fourth-order valence-electron chi connectivity index (χ4n) is 3.59. The van der Waals surface area contributed by atoms with Crippen molar-refractivity contribution in [3.63, 3.8) is 0 Å². The Morgan fingerprint density at radius 3 is 2.12 bits per heavy atom. The second-order valence-electron chi connectivity index (χ2n) is 7.54. The third-order valence-corrected chi connectivity index (χ3v) is 6.10. The molecule has 0 aromatic heterocycles. The Morgan fingerprint density at radius 2 is 1.52 bits per heavy atom. The van der Waals surface area contributed by atoms with Gasteiger partial charge in [0.25, 0.3) is 0 Å². The topological polar surface area (TPSA) is 88.2 Å². The molecule has 10 heteroatoms. The quantitative estimate of drug-likeness (QED) is 0.591. The van der Waals surface area contributed by atoms with Gasteiger partial charge in [0, 0.05) is 48.3 Å². The van der Waals surface area contributed by atoms with Crippen molar-refractivity contribution in [1.82, 2.24) is 9.80 Å². The molecule has 33 heavy (non-hydrogen) atoms. The molecule has 1 N–H and O–H groups in total. The van der Waals surface area contributed by atoms with Gasteiger partial charge >= 0.3 is 11.9 Å². The molecule has 2 aromatic carbocycles. The molecule has 0 bridgehead atoms. The minimum atomic E-state index is -0.617. The number of rotatable bonds is 7. The van der Waals surface area contributed by atoms with Crippen molar-refractivity contribution in [2.45, 2.75) is 6.54 Å². The molecule has 0 radical (unpaired) electrons. The molecule has 1 aliphatic heterocycles. The number of nitrogens with one attached hydrogen (secondary N) is 1. The van der Waals surface area contributed by atoms with Crippen LogP contribution in [0.15, 0.2) is 36.4 Å². The van der Waals surface area contributed by atoms with Crippen LogP contribution >= 0.6 is 23.2 Å². The van der Waals surface area contributed by atoms with Gasteiger partial charge in [-0.05, 0) is 30.3 Å². The Morgan fingerprint density at radius 1 is 0.909 bits per heavy atom. The Labute approximate surface area is 202 Å². The fourth-order valence-corrected chi connectivity index (χ4v) is 4.10. The molecule has 8 nitrogen and oxygen atoms in total. The summed E-state index contributed by atoms with van der Waals surface area (Å²) in [7, 11) is 2.51. The Hall–Kier alpha value is -2.65. The Bertz CT molecular complexity index is 1020. The molecule has 2 aromatic rings. The number of esters is 2. The summed E-state index contributed by atoms with van der Waals surface area (Å²) in [6.45, 7) is 3.65. The lowest BCUT2D eigenvalue weighted by Gasteiger charge is -2.34. The molecule has 0 spiro atoms. The van der Waals surface area contributed by atoms with E-state index in [1.165, 1.54) is 32.4 Å². The van der Waals surface area contributed by atoms with Gasteiger partial charge in [-0.25, -0.2) is 9.59 Å². The van der Waals surface area contributed by atoms with Gasteiger partial charge in [-0.1, -0.05) is 29.3 Å². The van der Waals surface area contributed by atoms with Crippen LogP contribution in [0.1, 0.15) is 26.3 Å². The number of benzene rings is 2. The van der Waals surface area contributed by atoms with Crippen LogP contribution in [0.5, 0.6) is 0 Å². The van der Waals surface area contributed by atoms with Crippen LogP contribution in [-0.4, -0.2) is 74.6 Å². The molecule has 1 heterocycles. The van der Waals surface area contributed by atoms with Gasteiger partial charge in [0.15, 0.2) is 0 Å². The zero-order valence-corrected chi connectivity index (χ0v) is 19.9. The minimum Gasteiger partial charge on any atom is -0.465 e. The zero-order valence-electron chi connectivity index (χ0n) is 18.4. The highest BCUT2D eigenvalue weighted by molar-refractivity contribution is 6.35. The normalized spacial score (nSPS) is 14.5. The highest BCUT2D eigenvalue weighted by atomic mass is 35.5. The standard InChI is InChI=1S/C23H25Cl2N3O5/c1-32-22(30)15-6-7-16(23(31)33-2)20(12-15)26-21(29)14-28-10-8-27(9-11-28)13-17-18(24)4-3-5-19(17)25/h3-7,12H,8-11,13-14H2,1-2H3,(H,26,29). The van der Waals surface area contributed by atoms with Crippen molar-refractivity contribution < 1.29 is 23.9 Å². The second kappa shape index (κ2) is 11.5. The van der Waals surface area contributed by atoms with Gasteiger partial charge in [0.05, 0.1) is 37.6 Å². The summed E-state index contributed by atoms with van der Waals surface area (Å²) in [4.78, 5) is 40.8. The van der Waals surface area contributed by atoms with Gasteiger partial charge in [-0.2, -0.15) is 0 Å². The number of carbonyl (C=O) groups excluding carboxylic acids is 3. The van der Waals surface area contributed by atoms with Crippen LogP contribution in [0.3, 0.4) is 0 Å². The van der Waals surface area contributed by atoms with E-state index in [-0.39, 0.29) is 29.3 Å². The average molecular weight is 494 g/mol. The molecule has 1 amide bonds. The van der Waals surface area contributed by atoms with E-state index < -0.39 is 11.9 Å². The number of anilines is 1.